The molecule has 286 valence electrons. The van der Waals surface area contributed by atoms with Crippen LogP contribution < -0.4 is 0 Å². The first-order chi connectivity index (χ1) is 30.2. The molecule has 0 N–H and O–H groups in total. The number of nitrogens with zero attached hydrogens (tertiary/aromatic N) is 3. The molecule has 0 spiro atoms. The van der Waals surface area contributed by atoms with E-state index in [9.17, 15) is 0 Å². The van der Waals surface area contributed by atoms with Crippen molar-refractivity contribution in [3.63, 3.8) is 0 Å². The minimum absolute atomic E-state index is 0.620. The summed E-state index contributed by atoms with van der Waals surface area (Å²) in [5.41, 5.74) is 14.2. The Morgan fingerprint density at radius 2 is 0.639 bits per heavy atom. The summed E-state index contributed by atoms with van der Waals surface area (Å²) < 4.78 is 2.64. The van der Waals surface area contributed by atoms with E-state index in [2.05, 4.69) is 212 Å². The molecule has 0 aliphatic heterocycles. The van der Waals surface area contributed by atoms with Crippen LogP contribution in [0, 0.1) is 0 Å². The lowest BCUT2D eigenvalue weighted by Gasteiger charge is -2.13. The molecule has 9 aromatic carbocycles. The van der Waals surface area contributed by atoms with E-state index in [1.54, 1.807) is 0 Å². The van der Waals surface area contributed by atoms with E-state index < -0.39 is 0 Å². The number of hydrogen-bond acceptors (Lipinski definition) is 4. The van der Waals surface area contributed by atoms with Gasteiger partial charge in [-0.3, -0.25) is 0 Å². The van der Waals surface area contributed by atoms with Crippen molar-refractivity contribution < 1.29 is 0 Å². The molecule has 11 aromatic rings. The molecular weight excluding hydrogens is 759 g/mol. The molecule has 0 saturated carbocycles. The minimum Gasteiger partial charge on any atom is -0.208 e. The predicted molar refractivity (Wildman–Crippen MR) is 256 cm³/mol. The van der Waals surface area contributed by atoms with E-state index in [-0.39, 0.29) is 0 Å². The summed E-state index contributed by atoms with van der Waals surface area (Å²) in [6.45, 7) is 0. The van der Waals surface area contributed by atoms with Gasteiger partial charge in [0, 0.05) is 36.9 Å². The van der Waals surface area contributed by atoms with Gasteiger partial charge in [0.15, 0.2) is 17.5 Å². The second kappa shape index (κ2) is 15.8. The van der Waals surface area contributed by atoms with Crippen LogP contribution in [-0.4, -0.2) is 15.0 Å². The first kappa shape index (κ1) is 36.3. The number of fused-ring (bicyclic) bond motifs is 3. The minimum atomic E-state index is 0.620. The zero-order valence-corrected chi connectivity index (χ0v) is 33.9. The second-order valence-electron chi connectivity index (χ2n) is 15.2. The molecular formula is C57H37N3S. The summed E-state index contributed by atoms with van der Waals surface area (Å²) in [4.78, 5) is 15.6. The zero-order valence-electron chi connectivity index (χ0n) is 33.1. The number of rotatable bonds is 8. The first-order valence-electron chi connectivity index (χ1n) is 20.5. The topological polar surface area (TPSA) is 38.7 Å². The lowest BCUT2D eigenvalue weighted by Crippen LogP contribution is -2.01. The molecule has 0 saturated heterocycles. The molecule has 0 amide bonds. The van der Waals surface area contributed by atoms with Gasteiger partial charge in [0.1, 0.15) is 0 Å². The Balaban J connectivity index is 0.992. The second-order valence-corrected chi connectivity index (χ2v) is 16.2. The molecule has 11 rings (SSSR count). The molecule has 0 aliphatic rings. The van der Waals surface area contributed by atoms with Crippen molar-refractivity contribution in [3.05, 3.63) is 224 Å². The Morgan fingerprint density at radius 3 is 1.28 bits per heavy atom. The van der Waals surface area contributed by atoms with E-state index in [4.69, 9.17) is 15.0 Å². The first-order valence-corrected chi connectivity index (χ1v) is 21.3. The van der Waals surface area contributed by atoms with E-state index in [0.717, 1.165) is 55.6 Å². The molecule has 0 bridgehead atoms. The number of thiophene rings is 1. The lowest BCUT2D eigenvalue weighted by atomic mass is 9.95. The third-order valence-corrected chi connectivity index (χ3v) is 12.6. The summed E-state index contributed by atoms with van der Waals surface area (Å²) in [5, 5.41) is 2.62. The Labute approximate surface area is 359 Å². The standard InChI is InChI=1S/C57H37N3S/c1-3-16-38(17-4-1)40-20-13-26-46(36-40)55-58-56(60-57(59-55)52-30-8-7-28-48(52)39-18-5-2-6-19-39)47-27-14-24-44(37-47)42-22-11-21-41(34-42)43-23-12-25-45(35-43)49-31-15-32-51-50-29-9-10-33-53(50)61-54(49)51/h1-37H. The van der Waals surface area contributed by atoms with E-state index >= 15 is 0 Å². The van der Waals surface area contributed by atoms with Crippen LogP contribution in [0.25, 0.3) is 110 Å². The lowest BCUT2D eigenvalue weighted by molar-refractivity contribution is 1.07. The highest BCUT2D eigenvalue weighted by Gasteiger charge is 2.17. The number of benzene rings is 9. The van der Waals surface area contributed by atoms with Crippen molar-refractivity contribution in [1.82, 2.24) is 15.0 Å². The van der Waals surface area contributed by atoms with Gasteiger partial charge in [0.2, 0.25) is 0 Å². The van der Waals surface area contributed by atoms with Crippen molar-refractivity contribution in [2.45, 2.75) is 0 Å². The molecule has 3 nitrogen and oxygen atoms in total. The smallest absolute Gasteiger partial charge is 0.164 e. The average molecular weight is 796 g/mol. The van der Waals surface area contributed by atoms with Gasteiger partial charge in [0.25, 0.3) is 0 Å². The molecule has 0 fully saturated rings. The third kappa shape index (κ3) is 7.09. The molecule has 2 aromatic heterocycles. The van der Waals surface area contributed by atoms with Crippen LogP contribution in [-0.2, 0) is 0 Å². The zero-order chi connectivity index (χ0) is 40.5. The van der Waals surface area contributed by atoms with Crippen LogP contribution in [0.15, 0.2) is 224 Å². The van der Waals surface area contributed by atoms with Crippen molar-refractivity contribution >= 4 is 31.5 Å². The Bertz CT molecular complexity index is 3370. The van der Waals surface area contributed by atoms with Crippen LogP contribution in [0.1, 0.15) is 0 Å². The van der Waals surface area contributed by atoms with E-state index in [1.165, 1.54) is 36.9 Å². The monoisotopic (exact) mass is 795 g/mol. The highest BCUT2D eigenvalue weighted by Crippen LogP contribution is 2.41. The molecule has 0 atom stereocenters. The van der Waals surface area contributed by atoms with Crippen LogP contribution in [0.4, 0.5) is 0 Å². The largest absolute Gasteiger partial charge is 0.208 e. The highest BCUT2D eigenvalue weighted by atomic mass is 32.1. The van der Waals surface area contributed by atoms with Crippen molar-refractivity contribution in [2.75, 3.05) is 0 Å². The van der Waals surface area contributed by atoms with E-state index in [0.29, 0.717) is 17.5 Å². The van der Waals surface area contributed by atoms with Gasteiger partial charge in [0.05, 0.1) is 0 Å². The number of hydrogen-bond donors (Lipinski definition) is 0. The molecule has 61 heavy (non-hydrogen) atoms. The van der Waals surface area contributed by atoms with Crippen LogP contribution in [0.3, 0.4) is 0 Å². The summed E-state index contributed by atoms with van der Waals surface area (Å²) in [5.74, 6) is 1.87. The van der Waals surface area contributed by atoms with Gasteiger partial charge in [-0.2, -0.15) is 0 Å². The molecule has 0 radical (unpaired) electrons. The summed E-state index contributed by atoms with van der Waals surface area (Å²) in [7, 11) is 0. The average Bonchev–Trinajstić information content (AvgIpc) is 3.74. The fourth-order valence-electron chi connectivity index (χ4n) is 8.33. The molecule has 0 unspecified atom stereocenters. The number of aromatic nitrogens is 3. The van der Waals surface area contributed by atoms with Crippen LogP contribution in [0.5, 0.6) is 0 Å². The Hall–Kier alpha value is -7.79. The Morgan fingerprint density at radius 1 is 0.246 bits per heavy atom. The van der Waals surface area contributed by atoms with Gasteiger partial charge in [-0.15, -0.1) is 11.3 Å². The summed E-state index contributed by atoms with van der Waals surface area (Å²) >= 11 is 1.87. The predicted octanol–water partition coefficient (Wildman–Crippen LogP) is 15.6. The van der Waals surface area contributed by atoms with Crippen LogP contribution in [0.2, 0.25) is 0 Å². The van der Waals surface area contributed by atoms with Gasteiger partial charge < -0.3 is 0 Å². The fourth-order valence-corrected chi connectivity index (χ4v) is 9.57. The van der Waals surface area contributed by atoms with Gasteiger partial charge >= 0.3 is 0 Å². The summed E-state index contributed by atoms with van der Waals surface area (Å²) in [6.07, 6.45) is 0. The van der Waals surface area contributed by atoms with Crippen molar-refractivity contribution in [1.29, 1.82) is 0 Å². The molecule has 0 aliphatic carbocycles. The summed E-state index contributed by atoms with van der Waals surface area (Å²) in [6, 6.07) is 79.3. The van der Waals surface area contributed by atoms with Gasteiger partial charge in [-0.05, 0) is 86.0 Å². The maximum atomic E-state index is 5.22. The molecule has 4 heteroatoms. The fraction of sp³-hybridized carbons (Fsp3) is 0. The van der Waals surface area contributed by atoms with Gasteiger partial charge in [-0.1, -0.05) is 194 Å². The maximum Gasteiger partial charge on any atom is 0.164 e. The van der Waals surface area contributed by atoms with Crippen LogP contribution >= 0.6 is 11.3 Å². The van der Waals surface area contributed by atoms with Crippen molar-refractivity contribution in [3.8, 4) is 89.8 Å². The molecule has 2 heterocycles. The van der Waals surface area contributed by atoms with Crippen molar-refractivity contribution in [2.24, 2.45) is 0 Å². The van der Waals surface area contributed by atoms with E-state index in [1.807, 2.05) is 23.5 Å². The SMILES string of the molecule is c1ccc(-c2cccc(-c3nc(-c4cccc(-c5cccc(-c6cccc(-c7cccc8c7sc7ccccc78)c6)c5)c4)nc(-c4ccccc4-c4ccccc4)n3)c2)cc1. The Kier molecular flexibility index (Phi) is 9.38. The quantitative estimate of drug-likeness (QED) is 0.154. The maximum absolute atomic E-state index is 5.22. The van der Waals surface area contributed by atoms with Gasteiger partial charge in [-0.25, -0.2) is 15.0 Å². The normalized spacial score (nSPS) is 11.3. The third-order valence-electron chi connectivity index (χ3n) is 11.3. The highest BCUT2D eigenvalue weighted by molar-refractivity contribution is 7.26.